The van der Waals surface area contributed by atoms with Gasteiger partial charge in [-0.15, -0.1) is 0 Å². The maximum atomic E-state index is 11.9. The second-order valence-corrected chi connectivity index (χ2v) is 11.6. The summed E-state index contributed by atoms with van der Waals surface area (Å²) in [7, 11) is -9.64. The van der Waals surface area contributed by atoms with Crippen LogP contribution in [0.3, 0.4) is 0 Å². The van der Waals surface area contributed by atoms with E-state index in [2.05, 4.69) is 0 Å². The first-order valence-corrected chi connectivity index (χ1v) is 13.3. The minimum Gasteiger partial charge on any atom is -0.459 e. The summed E-state index contributed by atoms with van der Waals surface area (Å²) in [6.45, 7) is 4.91. The van der Waals surface area contributed by atoms with Crippen LogP contribution in [0.4, 0.5) is 0 Å². The molecule has 5 atom stereocenters. The molecule has 0 unspecified atom stereocenters. The molecular weight excluding hydrogens is 503 g/mol. The fourth-order valence-electron chi connectivity index (χ4n) is 5.90. The first-order chi connectivity index (χ1) is 15.1. The number of hydrogen-bond acceptors (Lipinski definition) is 9. The van der Waals surface area contributed by atoms with E-state index in [4.69, 9.17) is 17.7 Å². The molecule has 0 bridgehead atoms. The van der Waals surface area contributed by atoms with Crippen LogP contribution in [0, 0.1) is 16.7 Å². The van der Waals surface area contributed by atoms with Crippen LogP contribution in [0.15, 0.2) is 22.8 Å². The van der Waals surface area contributed by atoms with Crippen LogP contribution >= 0.6 is 0 Å². The maximum absolute atomic E-state index is 11.9. The Kier molecular flexibility index (Phi) is 9.28. The third-order valence-corrected chi connectivity index (χ3v) is 8.38. The molecule has 0 spiro atoms. The predicted molar refractivity (Wildman–Crippen MR) is 114 cm³/mol. The van der Waals surface area contributed by atoms with Gasteiger partial charge in [-0.1, -0.05) is 31.1 Å². The Labute approximate surface area is 222 Å². The summed E-state index contributed by atoms with van der Waals surface area (Å²) in [4.78, 5) is 11.9. The minimum atomic E-state index is -4.83. The van der Waals surface area contributed by atoms with Crippen LogP contribution in [0.1, 0.15) is 52.9 Å². The molecule has 34 heavy (non-hydrogen) atoms. The Bertz CT molecular complexity index is 1080. The molecule has 1 saturated heterocycles. The molecule has 2 fully saturated rings. The van der Waals surface area contributed by atoms with Crippen LogP contribution in [0.25, 0.3) is 0 Å². The number of allylic oxidation sites excluding steroid dienone is 3. The predicted octanol–water partition coefficient (Wildman–Crippen LogP) is -1.24. The molecule has 1 aliphatic heterocycles. The Morgan fingerprint density at radius 3 is 2.32 bits per heavy atom. The van der Waals surface area contributed by atoms with Gasteiger partial charge in [0.2, 0.25) is 0 Å². The van der Waals surface area contributed by atoms with Crippen LogP contribution < -0.4 is 29.6 Å². The van der Waals surface area contributed by atoms with Crippen molar-refractivity contribution in [3.8, 4) is 0 Å². The van der Waals surface area contributed by atoms with Crippen LogP contribution in [0.5, 0.6) is 0 Å². The molecule has 11 nitrogen and oxygen atoms in total. The molecule has 1 heterocycles. The van der Waals surface area contributed by atoms with Gasteiger partial charge in [0.15, 0.2) is 0 Å². The van der Waals surface area contributed by atoms with Crippen molar-refractivity contribution in [2.45, 2.75) is 65.1 Å². The molecule has 0 aromatic heterocycles. The van der Waals surface area contributed by atoms with Gasteiger partial charge < -0.3 is 9.84 Å². The third kappa shape index (κ3) is 6.31. The van der Waals surface area contributed by atoms with Crippen molar-refractivity contribution in [1.82, 2.24) is 0 Å². The van der Waals surface area contributed by atoms with Crippen molar-refractivity contribution in [3.63, 3.8) is 0 Å². The zero-order valence-corrected chi connectivity index (χ0v) is 23.3. The third-order valence-electron chi connectivity index (χ3n) is 7.49. The second kappa shape index (κ2) is 10.6. The van der Waals surface area contributed by atoms with E-state index in [-0.39, 0.29) is 54.1 Å². The number of hydrogen-bond donors (Lipinski definition) is 3. The molecule has 0 amide bonds. The Morgan fingerprint density at radius 2 is 1.79 bits per heavy atom. The summed E-state index contributed by atoms with van der Waals surface area (Å²) in [6.07, 6.45) is 1.70. The number of rotatable bonds is 7. The van der Waals surface area contributed by atoms with Crippen molar-refractivity contribution in [2.24, 2.45) is 16.7 Å². The van der Waals surface area contributed by atoms with Crippen molar-refractivity contribution in [1.29, 1.82) is 0 Å². The summed E-state index contributed by atoms with van der Waals surface area (Å²) in [5, 5.41) is 10.00. The first-order valence-electron chi connectivity index (χ1n) is 10.6. The van der Waals surface area contributed by atoms with E-state index < -0.39 is 56.4 Å². The summed E-state index contributed by atoms with van der Waals surface area (Å²) in [5.41, 5.74) is 0.495. The number of esters is 1. The number of ether oxygens (including phenoxy) is 1. The fourth-order valence-corrected chi connectivity index (χ4v) is 6.91. The van der Waals surface area contributed by atoms with Gasteiger partial charge in [-0.2, -0.15) is 16.8 Å². The number of carbonyl (C=O) groups is 1. The average Bonchev–Trinajstić information content (AvgIpc) is 2.99. The SMILES string of the molecule is CC1=C(C/C=C2\C(=O)OC[C@H]2O)[C@]2(C)CC[C@@H](OS(=O)(=O)O)[C@@](C)(COS(=O)(=O)O)[C@H]2CC1.[Na+]. The van der Waals surface area contributed by atoms with E-state index in [1.807, 2.05) is 13.8 Å². The molecule has 0 aromatic rings. The number of aliphatic hydroxyl groups is 1. The van der Waals surface area contributed by atoms with Crippen LogP contribution in [0.2, 0.25) is 0 Å². The Hall–Kier alpha value is -0.350. The van der Waals surface area contributed by atoms with E-state index in [9.17, 15) is 31.3 Å². The van der Waals surface area contributed by atoms with Crippen molar-refractivity contribution < 1.29 is 78.5 Å². The normalized spacial score (nSPS) is 35.6. The smallest absolute Gasteiger partial charge is 0.459 e. The van der Waals surface area contributed by atoms with Gasteiger partial charge in [0.1, 0.15) is 12.7 Å². The van der Waals surface area contributed by atoms with E-state index in [0.717, 1.165) is 11.1 Å². The maximum Gasteiger partial charge on any atom is 1.00 e. The molecule has 0 radical (unpaired) electrons. The molecule has 0 aromatic carbocycles. The van der Waals surface area contributed by atoms with E-state index >= 15 is 0 Å². The topological polar surface area (TPSA) is 174 Å². The summed E-state index contributed by atoms with van der Waals surface area (Å²) in [5.74, 6) is -0.917. The van der Waals surface area contributed by atoms with Crippen molar-refractivity contribution in [2.75, 3.05) is 13.2 Å². The van der Waals surface area contributed by atoms with Crippen molar-refractivity contribution in [3.05, 3.63) is 22.8 Å². The summed E-state index contributed by atoms with van der Waals surface area (Å²) >= 11 is 0. The minimum absolute atomic E-state index is 0. The molecule has 3 aliphatic rings. The molecule has 3 N–H and O–H groups in total. The van der Waals surface area contributed by atoms with Gasteiger partial charge in [-0.25, -0.2) is 13.2 Å². The van der Waals surface area contributed by atoms with Gasteiger partial charge in [0, 0.05) is 5.41 Å². The van der Waals surface area contributed by atoms with Crippen molar-refractivity contribution >= 4 is 26.8 Å². The molecular formula is C20H30NaO11S2+. The Morgan fingerprint density at radius 1 is 1.15 bits per heavy atom. The van der Waals surface area contributed by atoms with Crippen LogP contribution in [-0.2, 0) is 38.7 Å². The molecule has 1 saturated carbocycles. The fraction of sp³-hybridized carbons (Fsp3) is 0.750. The van der Waals surface area contributed by atoms with E-state index in [1.165, 1.54) is 0 Å². The Balaban J connectivity index is 0.00000408. The van der Waals surface area contributed by atoms with Crippen LogP contribution in [-0.4, -0.2) is 62.4 Å². The van der Waals surface area contributed by atoms with Gasteiger partial charge in [0.25, 0.3) is 0 Å². The number of cyclic esters (lactones) is 1. The molecule has 188 valence electrons. The summed E-state index contributed by atoms with van der Waals surface area (Å²) < 4.78 is 78.6. The first kappa shape index (κ1) is 29.9. The largest absolute Gasteiger partial charge is 1.00 e. The quantitative estimate of drug-likeness (QED) is 0.117. The standard InChI is InChI=1S/C20H30O11S2.Na/c1-12-4-7-16-19(2,14(12)6-5-13-15(21)10-29-18(13)22)9-8-17(31-33(26,27)28)20(16,3)11-30-32(23,24)25;/h5,15-17,21H,4,6-11H2,1-3H3,(H,23,24,25)(H,26,27,28);/q;+1/b13-5-;/t15-,16+,17-,19+,20+;/m1./s1. The zero-order chi connectivity index (χ0) is 24.8. The monoisotopic (exact) mass is 533 g/mol. The molecule has 14 heteroatoms. The zero-order valence-electron chi connectivity index (χ0n) is 19.7. The summed E-state index contributed by atoms with van der Waals surface area (Å²) in [6, 6.07) is 0. The van der Waals surface area contributed by atoms with Gasteiger partial charge in [-0.05, 0) is 50.4 Å². The van der Waals surface area contributed by atoms with Gasteiger partial charge >= 0.3 is 56.3 Å². The molecule has 3 rings (SSSR count). The number of fused-ring (bicyclic) bond motifs is 1. The van der Waals surface area contributed by atoms with Gasteiger partial charge in [-0.3, -0.25) is 9.11 Å². The van der Waals surface area contributed by atoms with E-state index in [0.29, 0.717) is 25.7 Å². The van der Waals surface area contributed by atoms with Gasteiger partial charge in [0.05, 0.1) is 18.3 Å². The van der Waals surface area contributed by atoms with E-state index in [1.54, 1.807) is 13.0 Å². The average molecular weight is 534 g/mol. The second-order valence-electron chi connectivity index (χ2n) is 9.49. The number of carbonyl (C=O) groups excluding carboxylic acids is 1. The molecule has 2 aliphatic carbocycles. The number of aliphatic hydroxyl groups excluding tert-OH is 1.